The van der Waals surface area contributed by atoms with Crippen LogP contribution in [0.15, 0.2) is 60.2 Å². The third-order valence-electron chi connectivity index (χ3n) is 3.45. The fraction of sp³-hybridized carbons (Fsp3) is 0.118. The minimum Gasteiger partial charge on any atom is -0.493 e. The molecular formula is C17H15N5O4. The first-order valence-corrected chi connectivity index (χ1v) is 7.59. The molecule has 1 aromatic heterocycles. The van der Waals surface area contributed by atoms with Crippen LogP contribution in [0.4, 0.5) is 5.69 Å². The highest BCUT2D eigenvalue weighted by Gasteiger charge is 2.08. The summed E-state index contributed by atoms with van der Waals surface area (Å²) in [6, 6.07) is 11.7. The van der Waals surface area contributed by atoms with Gasteiger partial charge in [0.2, 0.25) is 0 Å². The Morgan fingerprint density at radius 1 is 1.19 bits per heavy atom. The van der Waals surface area contributed by atoms with Crippen molar-refractivity contribution in [2.45, 2.75) is 6.61 Å². The molecule has 2 aromatic carbocycles. The number of nitrogens with zero attached hydrogens (tertiary/aromatic N) is 5. The van der Waals surface area contributed by atoms with E-state index in [1.807, 2.05) is 6.07 Å². The molecular weight excluding hydrogens is 338 g/mol. The van der Waals surface area contributed by atoms with E-state index >= 15 is 0 Å². The van der Waals surface area contributed by atoms with E-state index < -0.39 is 4.92 Å². The van der Waals surface area contributed by atoms with Gasteiger partial charge in [-0.2, -0.15) is 5.10 Å². The van der Waals surface area contributed by atoms with Gasteiger partial charge in [-0.1, -0.05) is 12.1 Å². The van der Waals surface area contributed by atoms with E-state index in [9.17, 15) is 10.1 Å². The van der Waals surface area contributed by atoms with Crippen molar-refractivity contribution >= 4 is 11.9 Å². The zero-order valence-corrected chi connectivity index (χ0v) is 13.8. The number of aromatic nitrogens is 3. The summed E-state index contributed by atoms with van der Waals surface area (Å²) in [5.41, 5.74) is 1.52. The van der Waals surface area contributed by atoms with E-state index in [1.165, 1.54) is 36.6 Å². The van der Waals surface area contributed by atoms with Crippen LogP contribution in [0.3, 0.4) is 0 Å². The number of non-ortho nitro benzene ring substituents is 1. The summed E-state index contributed by atoms with van der Waals surface area (Å²) >= 11 is 0. The molecule has 0 amide bonds. The maximum absolute atomic E-state index is 10.8. The monoisotopic (exact) mass is 353 g/mol. The molecule has 26 heavy (non-hydrogen) atoms. The fourth-order valence-corrected chi connectivity index (χ4v) is 2.19. The minimum atomic E-state index is -0.437. The molecule has 9 nitrogen and oxygen atoms in total. The Bertz CT molecular complexity index is 925. The van der Waals surface area contributed by atoms with Crippen LogP contribution in [0.2, 0.25) is 0 Å². The number of methoxy groups -OCH3 is 1. The predicted octanol–water partition coefficient (Wildman–Crippen LogP) is 2.66. The van der Waals surface area contributed by atoms with Crippen molar-refractivity contribution in [2.75, 3.05) is 7.11 Å². The molecule has 0 bridgehead atoms. The molecule has 1 heterocycles. The van der Waals surface area contributed by atoms with Gasteiger partial charge in [-0.15, -0.1) is 10.2 Å². The maximum Gasteiger partial charge on any atom is 0.269 e. The van der Waals surface area contributed by atoms with Crippen LogP contribution in [0.1, 0.15) is 11.1 Å². The molecule has 0 aliphatic carbocycles. The predicted molar refractivity (Wildman–Crippen MR) is 93.4 cm³/mol. The Morgan fingerprint density at radius 3 is 2.73 bits per heavy atom. The smallest absolute Gasteiger partial charge is 0.269 e. The Hall–Kier alpha value is -3.75. The number of ether oxygens (including phenoxy) is 2. The molecule has 9 heteroatoms. The van der Waals surface area contributed by atoms with Gasteiger partial charge in [0.15, 0.2) is 11.5 Å². The molecule has 0 saturated heterocycles. The van der Waals surface area contributed by atoms with Crippen LogP contribution in [-0.2, 0) is 6.61 Å². The van der Waals surface area contributed by atoms with Crippen molar-refractivity contribution in [1.82, 2.24) is 14.9 Å². The molecule has 0 atom stereocenters. The number of hydrogen-bond acceptors (Lipinski definition) is 7. The fourth-order valence-electron chi connectivity index (χ4n) is 2.19. The lowest BCUT2D eigenvalue weighted by Gasteiger charge is -2.11. The summed E-state index contributed by atoms with van der Waals surface area (Å²) in [6.07, 6.45) is 4.59. The molecule has 3 aromatic rings. The van der Waals surface area contributed by atoms with Gasteiger partial charge in [-0.05, 0) is 29.3 Å². The summed E-state index contributed by atoms with van der Waals surface area (Å²) < 4.78 is 12.6. The van der Waals surface area contributed by atoms with Gasteiger partial charge in [0, 0.05) is 12.1 Å². The highest BCUT2D eigenvalue weighted by atomic mass is 16.6. The van der Waals surface area contributed by atoms with Crippen molar-refractivity contribution < 1.29 is 14.4 Å². The third kappa shape index (κ3) is 4.20. The van der Waals surface area contributed by atoms with Crippen LogP contribution < -0.4 is 9.47 Å². The van der Waals surface area contributed by atoms with Crippen LogP contribution >= 0.6 is 0 Å². The second-order valence-corrected chi connectivity index (χ2v) is 5.21. The zero-order valence-electron chi connectivity index (χ0n) is 13.8. The lowest BCUT2D eigenvalue weighted by molar-refractivity contribution is -0.384. The number of hydrogen-bond donors (Lipinski definition) is 0. The van der Waals surface area contributed by atoms with E-state index in [0.717, 1.165) is 5.56 Å². The summed E-state index contributed by atoms with van der Waals surface area (Å²) in [4.78, 5) is 10.4. The van der Waals surface area contributed by atoms with Crippen LogP contribution in [0.5, 0.6) is 11.5 Å². The van der Waals surface area contributed by atoms with Gasteiger partial charge >= 0.3 is 0 Å². The first-order valence-electron chi connectivity index (χ1n) is 7.59. The van der Waals surface area contributed by atoms with Crippen molar-refractivity contribution in [2.24, 2.45) is 5.10 Å². The van der Waals surface area contributed by atoms with E-state index in [1.54, 1.807) is 30.5 Å². The average molecular weight is 353 g/mol. The van der Waals surface area contributed by atoms with Crippen molar-refractivity contribution in [3.63, 3.8) is 0 Å². The topological polar surface area (TPSA) is 105 Å². The standard InChI is InChI=1S/C17H15N5O4/c1-25-17-8-13(9-20-21-11-18-19-12-21)5-6-16(17)26-10-14-3-2-4-15(7-14)22(23)24/h2-9,11-12H,10H2,1H3/b20-9-. The molecule has 0 aliphatic heterocycles. The Labute approximate surface area is 148 Å². The number of benzene rings is 2. The average Bonchev–Trinajstić information content (AvgIpc) is 3.18. The summed E-state index contributed by atoms with van der Waals surface area (Å²) in [7, 11) is 1.54. The van der Waals surface area contributed by atoms with Crippen LogP contribution in [0.25, 0.3) is 0 Å². The molecule has 0 fully saturated rings. The van der Waals surface area contributed by atoms with Gasteiger partial charge in [0.05, 0.1) is 18.2 Å². The molecule has 3 rings (SSSR count). The normalized spacial score (nSPS) is 10.8. The second-order valence-electron chi connectivity index (χ2n) is 5.21. The lowest BCUT2D eigenvalue weighted by Crippen LogP contribution is -1.99. The highest BCUT2D eigenvalue weighted by molar-refractivity contribution is 5.80. The molecule has 132 valence electrons. The highest BCUT2D eigenvalue weighted by Crippen LogP contribution is 2.28. The SMILES string of the molecule is COc1cc(/C=N\n2cnnc2)ccc1OCc1cccc([N+](=O)[O-])c1. The molecule has 0 saturated carbocycles. The number of nitro groups is 1. The van der Waals surface area contributed by atoms with Gasteiger partial charge in [0.25, 0.3) is 5.69 Å². The first-order chi connectivity index (χ1) is 12.7. The van der Waals surface area contributed by atoms with E-state index in [2.05, 4.69) is 15.3 Å². The zero-order chi connectivity index (χ0) is 18.4. The van der Waals surface area contributed by atoms with Gasteiger partial charge < -0.3 is 9.47 Å². The van der Waals surface area contributed by atoms with Crippen LogP contribution in [-0.4, -0.2) is 33.1 Å². The van der Waals surface area contributed by atoms with Crippen molar-refractivity contribution in [3.8, 4) is 11.5 Å². The third-order valence-corrected chi connectivity index (χ3v) is 3.45. The van der Waals surface area contributed by atoms with E-state index in [4.69, 9.17) is 9.47 Å². The summed E-state index contributed by atoms with van der Waals surface area (Å²) in [5.74, 6) is 1.06. The Balaban J connectivity index is 1.72. The molecule has 0 radical (unpaired) electrons. The molecule has 0 spiro atoms. The number of rotatable bonds is 7. The van der Waals surface area contributed by atoms with Gasteiger partial charge in [-0.25, -0.2) is 4.68 Å². The Morgan fingerprint density at radius 2 is 2.00 bits per heavy atom. The Kier molecular flexibility index (Phi) is 5.18. The van der Waals surface area contributed by atoms with Gasteiger partial charge in [-0.3, -0.25) is 10.1 Å². The van der Waals surface area contributed by atoms with Crippen molar-refractivity contribution in [1.29, 1.82) is 0 Å². The first kappa shape index (κ1) is 17.1. The molecule has 0 aliphatic rings. The summed E-state index contributed by atoms with van der Waals surface area (Å²) in [6.45, 7) is 0.187. The largest absolute Gasteiger partial charge is 0.493 e. The van der Waals surface area contributed by atoms with E-state index in [0.29, 0.717) is 17.1 Å². The maximum atomic E-state index is 10.8. The molecule has 0 N–H and O–H groups in total. The summed E-state index contributed by atoms with van der Waals surface area (Å²) in [5, 5.41) is 22.3. The van der Waals surface area contributed by atoms with Crippen LogP contribution in [0, 0.1) is 10.1 Å². The molecule has 0 unspecified atom stereocenters. The second kappa shape index (κ2) is 7.88. The lowest BCUT2D eigenvalue weighted by atomic mass is 10.2. The minimum absolute atomic E-state index is 0.0265. The van der Waals surface area contributed by atoms with E-state index in [-0.39, 0.29) is 12.3 Å². The number of nitro benzene ring substituents is 1. The van der Waals surface area contributed by atoms with Gasteiger partial charge in [0.1, 0.15) is 19.3 Å². The quantitative estimate of drug-likeness (QED) is 0.367. The van der Waals surface area contributed by atoms with Crippen molar-refractivity contribution in [3.05, 3.63) is 76.4 Å².